The molecule has 3 rings (SSSR count). The maximum atomic E-state index is 12.9. The first-order valence-corrected chi connectivity index (χ1v) is 7.41. The second-order valence-electron chi connectivity index (χ2n) is 5.80. The summed E-state index contributed by atoms with van der Waals surface area (Å²) in [6.45, 7) is 2.92. The molecule has 0 amide bonds. The van der Waals surface area contributed by atoms with Crippen LogP contribution in [0, 0.1) is 5.82 Å². The van der Waals surface area contributed by atoms with E-state index in [0.717, 1.165) is 24.4 Å². The van der Waals surface area contributed by atoms with Crippen molar-refractivity contribution in [3.63, 3.8) is 0 Å². The molecule has 0 radical (unpaired) electrons. The van der Waals surface area contributed by atoms with E-state index in [0.29, 0.717) is 11.8 Å². The fraction of sp³-hybridized carbons (Fsp3) is 0.500. The molecule has 112 valence electrons. The molecule has 0 spiro atoms. The van der Waals surface area contributed by atoms with Crippen molar-refractivity contribution in [2.75, 3.05) is 13.6 Å². The third kappa shape index (κ3) is 3.47. The summed E-state index contributed by atoms with van der Waals surface area (Å²) >= 11 is 0. The topological polar surface area (TPSA) is 42.2 Å². The van der Waals surface area contributed by atoms with Crippen LogP contribution >= 0.6 is 0 Å². The maximum absolute atomic E-state index is 12.9. The lowest BCUT2D eigenvalue weighted by molar-refractivity contribution is 0.211. The van der Waals surface area contributed by atoms with Crippen molar-refractivity contribution in [3.05, 3.63) is 47.4 Å². The predicted octanol–water partition coefficient (Wildman–Crippen LogP) is 3.32. The zero-order chi connectivity index (χ0) is 14.8. The highest BCUT2D eigenvalue weighted by Crippen LogP contribution is 2.38. The third-order valence-corrected chi connectivity index (χ3v) is 4.08. The van der Waals surface area contributed by atoms with Gasteiger partial charge in [-0.15, -0.1) is 0 Å². The Morgan fingerprint density at radius 1 is 1.33 bits per heavy atom. The zero-order valence-corrected chi connectivity index (χ0v) is 12.4. The minimum atomic E-state index is -0.195. The van der Waals surface area contributed by atoms with Gasteiger partial charge in [-0.1, -0.05) is 17.3 Å². The fourth-order valence-electron chi connectivity index (χ4n) is 2.26. The van der Waals surface area contributed by atoms with Crippen molar-refractivity contribution in [1.82, 2.24) is 15.0 Å². The largest absolute Gasteiger partial charge is 0.338 e. The van der Waals surface area contributed by atoms with E-state index in [1.165, 1.54) is 25.0 Å². The first-order valence-electron chi connectivity index (χ1n) is 7.41. The van der Waals surface area contributed by atoms with E-state index in [1.807, 2.05) is 19.2 Å². The highest BCUT2D eigenvalue weighted by Gasteiger charge is 2.30. The minimum Gasteiger partial charge on any atom is -0.338 e. The number of halogens is 1. The fourth-order valence-corrected chi connectivity index (χ4v) is 2.26. The van der Waals surface area contributed by atoms with E-state index in [1.54, 1.807) is 0 Å². The number of benzene rings is 1. The van der Waals surface area contributed by atoms with E-state index < -0.39 is 0 Å². The molecular formula is C16H20FN3O. The van der Waals surface area contributed by atoms with Gasteiger partial charge in [-0.05, 0) is 50.9 Å². The molecule has 0 aliphatic heterocycles. The summed E-state index contributed by atoms with van der Waals surface area (Å²) in [5, 5.41) is 4.06. The van der Waals surface area contributed by atoms with Crippen molar-refractivity contribution in [2.45, 2.75) is 38.1 Å². The van der Waals surface area contributed by atoms with Crippen molar-refractivity contribution in [3.8, 4) is 0 Å². The standard InChI is InChI=1S/C16H20FN3O/c1-11(16-18-15(19-21-16)13-5-6-13)20(2)10-9-12-3-7-14(17)8-4-12/h3-4,7-8,11,13H,5-6,9-10H2,1-2H3/t11-/m1/s1. The Morgan fingerprint density at radius 2 is 2.05 bits per heavy atom. The van der Waals surface area contributed by atoms with Crippen LogP contribution in [0.2, 0.25) is 0 Å². The SMILES string of the molecule is C[C@H](c1nc(C2CC2)no1)N(C)CCc1ccc(F)cc1. The zero-order valence-electron chi connectivity index (χ0n) is 12.4. The first-order chi connectivity index (χ1) is 10.1. The first kappa shape index (κ1) is 14.2. The normalized spacial score (nSPS) is 16.4. The lowest BCUT2D eigenvalue weighted by Gasteiger charge is -2.21. The van der Waals surface area contributed by atoms with Crippen molar-refractivity contribution in [2.24, 2.45) is 0 Å². The van der Waals surface area contributed by atoms with Crippen molar-refractivity contribution in [1.29, 1.82) is 0 Å². The van der Waals surface area contributed by atoms with Crippen LogP contribution in [0.15, 0.2) is 28.8 Å². The monoisotopic (exact) mass is 289 g/mol. The Morgan fingerprint density at radius 3 is 2.71 bits per heavy atom. The number of likely N-dealkylation sites (N-methyl/N-ethyl adjacent to an activating group) is 1. The van der Waals surface area contributed by atoms with Crippen LogP contribution in [0.1, 0.15) is 49.0 Å². The average molecular weight is 289 g/mol. The number of hydrogen-bond acceptors (Lipinski definition) is 4. The van der Waals surface area contributed by atoms with Crippen LogP contribution in [0.3, 0.4) is 0 Å². The molecule has 0 bridgehead atoms. The highest BCUT2D eigenvalue weighted by molar-refractivity contribution is 5.16. The second-order valence-corrected chi connectivity index (χ2v) is 5.80. The van der Waals surface area contributed by atoms with Gasteiger partial charge in [-0.3, -0.25) is 4.90 Å². The van der Waals surface area contributed by atoms with Crippen LogP contribution in [0.5, 0.6) is 0 Å². The lowest BCUT2D eigenvalue weighted by atomic mass is 10.1. The van der Waals surface area contributed by atoms with Gasteiger partial charge < -0.3 is 4.52 Å². The number of hydrogen-bond donors (Lipinski definition) is 0. The molecule has 1 aliphatic carbocycles. The number of nitrogens with zero attached hydrogens (tertiary/aromatic N) is 3. The Bertz CT molecular complexity index is 592. The Hall–Kier alpha value is -1.75. The van der Waals surface area contributed by atoms with Gasteiger partial charge in [0.1, 0.15) is 5.82 Å². The van der Waals surface area contributed by atoms with Gasteiger partial charge in [0.25, 0.3) is 0 Å². The van der Waals surface area contributed by atoms with Crippen molar-refractivity contribution >= 4 is 0 Å². The maximum Gasteiger partial charge on any atom is 0.243 e. The molecule has 21 heavy (non-hydrogen) atoms. The van der Waals surface area contributed by atoms with E-state index in [9.17, 15) is 4.39 Å². The van der Waals surface area contributed by atoms with Gasteiger partial charge in [-0.2, -0.15) is 4.98 Å². The molecule has 1 atom stereocenters. The molecule has 4 nitrogen and oxygen atoms in total. The van der Waals surface area contributed by atoms with E-state index in [-0.39, 0.29) is 11.9 Å². The smallest absolute Gasteiger partial charge is 0.243 e. The summed E-state index contributed by atoms with van der Waals surface area (Å²) in [7, 11) is 2.04. The van der Waals surface area contributed by atoms with Crippen molar-refractivity contribution < 1.29 is 8.91 Å². The molecule has 0 saturated heterocycles. The van der Waals surface area contributed by atoms with E-state index in [2.05, 4.69) is 22.0 Å². The summed E-state index contributed by atoms with van der Waals surface area (Å²) in [5.41, 5.74) is 1.12. The van der Waals surface area contributed by atoms with Crippen LogP contribution < -0.4 is 0 Å². The van der Waals surface area contributed by atoms with Crippen LogP contribution in [-0.4, -0.2) is 28.6 Å². The molecule has 1 saturated carbocycles. The van der Waals surface area contributed by atoms with Gasteiger partial charge in [0.05, 0.1) is 6.04 Å². The number of aromatic nitrogens is 2. The quantitative estimate of drug-likeness (QED) is 0.818. The molecule has 5 heteroatoms. The Labute approximate surface area is 124 Å². The predicted molar refractivity (Wildman–Crippen MR) is 77.4 cm³/mol. The molecule has 1 aliphatic rings. The van der Waals surface area contributed by atoms with Gasteiger partial charge in [-0.25, -0.2) is 4.39 Å². The number of rotatable bonds is 6. The summed E-state index contributed by atoms with van der Waals surface area (Å²) in [4.78, 5) is 6.66. The van der Waals surface area contributed by atoms with E-state index in [4.69, 9.17) is 4.52 Å². The second kappa shape index (κ2) is 5.93. The summed E-state index contributed by atoms with van der Waals surface area (Å²) in [6, 6.07) is 6.74. The molecule has 0 N–H and O–H groups in total. The van der Waals surface area contributed by atoms with Gasteiger partial charge in [0.15, 0.2) is 5.82 Å². The molecule has 0 unspecified atom stereocenters. The van der Waals surface area contributed by atoms with Gasteiger partial charge >= 0.3 is 0 Å². The average Bonchev–Trinajstić information content (AvgIpc) is 3.23. The molecule has 1 fully saturated rings. The van der Waals surface area contributed by atoms with Crippen LogP contribution in [0.4, 0.5) is 4.39 Å². The molecular weight excluding hydrogens is 269 g/mol. The van der Waals surface area contributed by atoms with E-state index >= 15 is 0 Å². The molecule has 2 aromatic rings. The van der Waals surface area contributed by atoms with Crippen LogP contribution in [-0.2, 0) is 6.42 Å². The lowest BCUT2D eigenvalue weighted by Crippen LogP contribution is -2.25. The third-order valence-electron chi connectivity index (χ3n) is 4.08. The molecule has 1 aromatic heterocycles. The minimum absolute atomic E-state index is 0.0884. The molecule has 1 aromatic carbocycles. The molecule has 1 heterocycles. The van der Waals surface area contributed by atoms with Crippen LogP contribution in [0.25, 0.3) is 0 Å². The highest BCUT2D eigenvalue weighted by atomic mass is 19.1. The Balaban J connectivity index is 1.55. The summed E-state index contributed by atoms with van der Waals surface area (Å²) in [6.07, 6.45) is 3.21. The van der Waals surface area contributed by atoms with Gasteiger partial charge in [0.2, 0.25) is 5.89 Å². The van der Waals surface area contributed by atoms with Gasteiger partial charge in [0, 0.05) is 12.5 Å². The summed E-state index contributed by atoms with van der Waals surface area (Å²) in [5.74, 6) is 1.85. The Kier molecular flexibility index (Phi) is 4.01. The summed E-state index contributed by atoms with van der Waals surface area (Å²) < 4.78 is 18.2.